The van der Waals surface area contributed by atoms with Gasteiger partial charge in [0.2, 0.25) is 0 Å². The molecule has 1 atom stereocenters. The molecule has 0 aromatic heterocycles. The zero-order valence-electron chi connectivity index (χ0n) is 8.92. The molecule has 0 fully saturated rings. The summed E-state index contributed by atoms with van der Waals surface area (Å²) >= 11 is 3.56. The Balaban J connectivity index is 1.94. The summed E-state index contributed by atoms with van der Waals surface area (Å²) in [5.74, 6) is 1.05. The summed E-state index contributed by atoms with van der Waals surface area (Å²) in [6.07, 6.45) is 3.71. The van der Waals surface area contributed by atoms with Crippen LogP contribution in [0.5, 0.6) is 5.75 Å². The van der Waals surface area contributed by atoms with Crippen LogP contribution in [0.3, 0.4) is 0 Å². The topological polar surface area (TPSA) is 21.3 Å². The predicted molar refractivity (Wildman–Crippen MR) is 65.4 cm³/mol. The molecule has 0 bridgehead atoms. The largest absolute Gasteiger partial charge is 0.490 e. The average Bonchev–Trinajstić information content (AvgIpc) is 2.63. The van der Waals surface area contributed by atoms with Gasteiger partial charge in [0.25, 0.3) is 0 Å². The minimum absolute atomic E-state index is 0.368. The van der Waals surface area contributed by atoms with Crippen molar-refractivity contribution in [2.24, 2.45) is 0 Å². The lowest BCUT2D eigenvalue weighted by atomic mass is 10.1. The lowest BCUT2D eigenvalue weighted by Crippen LogP contribution is -2.16. The van der Waals surface area contributed by atoms with Gasteiger partial charge in [0, 0.05) is 16.5 Å². The maximum absolute atomic E-state index is 5.88. The second-order valence-electron chi connectivity index (χ2n) is 3.91. The van der Waals surface area contributed by atoms with Crippen molar-refractivity contribution in [3.05, 3.63) is 28.2 Å². The molecule has 3 heteroatoms. The molecule has 1 aromatic rings. The minimum atomic E-state index is 0.368. The zero-order valence-corrected chi connectivity index (χ0v) is 10.5. The molecule has 15 heavy (non-hydrogen) atoms. The molecule has 1 N–H and O–H groups in total. The van der Waals surface area contributed by atoms with E-state index in [-0.39, 0.29) is 0 Å². The van der Waals surface area contributed by atoms with Crippen LogP contribution in [0, 0.1) is 0 Å². The van der Waals surface area contributed by atoms with Gasteiger partial charge in [0.05, 0.1) is 0 Å². The summed E-state index contributed by atoms with van der Waals surface area (Å²) in [5, 5.41) is 3.16. The molecule has 0 amide bonds. The third-order valence-electron chi connectivity index (χ3n) is 2.75. The van der Waals surface area contributed by atoms with E-state index in [1.54, 1.807) is 0 Å². The van der Waals surface area contributed by atoms with Crippen molar-refractivity contribution in [1.82, 2.24) is 5.32 Å². The first-order valence-electron chi connectivity index (χ1n) is 5.40. The molecule has 1 aliphatic heterocycles. The summed E-state index contributed by atoms with van der Waals surface area (Å²) in [7, 11) is 1.99. The highest BCUT2D eigenvalue weighted by Gasteiger charge is 2.23. The number of fused-ring (bicyclic) bond motifs is 1. The quantitative estimate of drug-likeness (QED) is 0.849. The van der Waals surface area contributed by atoms with Gasteiger partial charge < -0.3 is 10.1 Å². The van der Waals surface area contributed by atoms with Crippen molar-refractivity contribution in [2.45, 2.75) is 25.4 Å². The summed E-state index contributed by atoms with van der Waals surface area (Å²) in [5.41, 5.74) is 1.33. The molecule has 0 aliphatic carbocycles. The van der Waals surface area contributed by atoms with Crippen LogP contribution in [0.25, 0.3) is 0 Å². The predicted octanol–water partition coefficient (Wildman–Crippen LogP) is 2.75. The standard InChI is InChI=1S/C12H16BrNO/c1-14-7-3-4-9-8-10-11(13)5-2-6-12(10)15-9/h2,5-6,9,14H,3-4,7-8H2,1H3. The van der Waals surface area contributed by atoms with Crippen LogP contribution in [-0.4, -0.2) is 19.7 Å². The van der Waals surface area contributed by atoms with E-state index in [1.807, 2.05) is 13.1 Å². The molecule has 2 nitrogen and oxygen atoms in total. The highest BCUT2D eigenvalue weighted by atomic mass is 79.9. The number of hydrogen-bond donors (Lipinski definition) is 1. The molecule has 0 radical (unpaired) electrons. The van der Waals surface area contributed by atoms with Gasteiger partial charge >= 0.3 is 0 Å². The van der Waals surface area contributed by atoms with Gasteiger partial charge in [0.15, 0.2) is 0 Å². The molecular weight excluding hydrogens is 254 g/mol. The van der Waals surface area contributed by atoms with Crippen molar-refractivity contribution >= 4 is 15.9 Å². The normalized spacial score (nSPS) is 18.7. The average molecular weight is 270 g/mol. The van der Waals surface area contributed by atoms with E-state index in [1.165, 1.54) is 16.5 Å². The van der Waals surface area contributed by atoms with Gasteiger partial charge in [-0.1, -0.05) is 22.0 Å². The van der Waals surface area contributed by atoms with E-state index in [9.17, 15) is 0 Å². The Morgan fingerprint density at radius 1 is 1.53 bits per heavy atom. The Morgan fingerprint density at radius 3 is 3.13 bits per heavy atom. The van der Waals surface area contributed by atoms with E-state index in [0.717, 1.165) is 25.1 Å². The van der Waals surface area contributed by atoms with Crippen molar-refractivity contribution in [1.29, 1.82) is 0 Å². The monoisotopic (exact) mass is 269 g/mol. The first-order valence-corrected chi connectivity index (χ1v) is 6.19. The molecule has 1 heterocycles. The number of ether oxygens (including phenoxy) is 1. The number of halogens is 1. The highest BCUT2D eigenvalue weighted by molar-refractivity contribution is 9.10. The Hall–Kier alpha value is -0.540. The molecule has 1 unspecified atom stereocenters. The van der Waals surface area contributed by atoms with Gasteiger partial charge in [0.1, 0.15) is 11.9 Å². The summed E-state index contributed by atoms with van der Waals surface area (Å²) < 4.78 is 7.05. The molecule has 0 saturated carbocycles. The molecule has 1 aromatic carbocycles. The van der Waals surface area contributed by atoms with Crippen LogP contribution >= 0.6 is 15.9 Å². The van der Waals surface area contributed by atoms with E-state index in [4.69, 9.17) is 4.74 Å². The molecule has 1 aliphatic rings. The first-order chi connectivity index (χ1) is 7.31. The minimum Gasteiger partial charge on any atom is -0.490 e. The van der Waals surface area contributed by atoms with Crippen LogP contribution < -0.4 is 10.1 Å². The Bertz CT molecular complexity index is 340. The SMILES string of the molecule is CNCCCC1Cc2c(Br)cccc2O1. The van der Waals surface area contributed by atoms with E-state index in [0.29, 0.717) is 6.10 Å². The van der Waals surface area contributed by atoms with Gasteiger partial charge in [-0.2, -0.15) is 0 Å². The van der Waals surface area contributed by atoms with E-state index < -0.39 is 0 Å². The number of nitrogens with one attached hydrogen (secondary N) is 1. The summed E-state index contributed by atoms with van der Waals surface area (Å²) in [6, 6.07) is 6.16. The van der Waals surface area contributed by atoms with Crippen LogP contribution in [0.1, 0.15) is 18.4 Å². The van der Waals surface area contributed by atoms with Crippen LogP contribution in [0.15, 0.2) is 22.7 Å². The molecule has 0 spiro atoms. The Kier molecular flexibility index (Phi) is 3.65. The fourth-order valence-corrected chi connectivity index (χ4v) is 2.47. The maximum Gasteiger partial charge on any atom is 0.124 e. The lowest BCUT2D eigenvalue weighted by Gasteiger charge is -2.09. The highest BCUT2D eigenvalue weighted by Crippen LogP contribution is 2.35. The van der Waals surface area contributed by atoms with E-state index >= 15 is 0 Å². The van der Waals surface area contributed by atoms with Gasteiger partial charge in [-0.05, 0) is 38.6 Å². The van der Waals surface area contributed by atoms with E-state index in [2.05, 4.69) is 33.4 Å². The summed E-state index contributed by atoms with van der Waals surface area (Å²) in [6.45, 7) is 1.07. The number of hydrogen-bond acceptors (Lipinski definition) is 2. The van der Waals surface area contributed by atoms with Gasteiger partial charge in [-0.15, -0.1) is 0 Å². The van der Waals surface area contributed by atoms with Gasteiger partial charge in [-0.3, -0.25) is 0 Å². The van der Waals surface area contributed by atoms with Crippen LogP contribution in [-0.2, 0) is 6.42 Å². The third-order valence-corrected chi connectivity index (χ3v) is 3.50. The fraction of sp³-hybridized carbons (Fsp3) is 0.500. The number of rotatable bonds is 4. The smallest absolute Gasteiger partial charge is 0.124 e. The van der Waals surface area contributed by atoms with Crippen molar-refractivity contribution in [2.75, 3.05) is 13.6 Å². The third kappa shape index (κ3) is 2.52. The Morgan fingerprint density at radius 2 is 2.40 bits per heavy atom. The molecule has 2 rings (SSSR count). The maximum atomic E-state index is 5.88. The van der Waals surface area contributed by atoms with Gasteiger partial charge in [-0.25, -0.2) is 0 Å². The number of benzene rings is 1. The Labute approximate surface area is 99.1 Å². The van der Waals surface area contributed by atoms with Crippen LogP contribution in [0.4, 0.5) is 0 Å². The lowest BCUT2D eigenvalue weighted by molar-refractivity contribution is 0.218. The van der Waals surface area contributed by atoms with Crippen LogP contribution in [0.2, 0.25) is 0 Å². The molecule has 82 valence electrons. The zero-order chi connectivity index (χ0) is 10.7. The van der Waals surface area contributed by atoms with Crippen molar-refractivity contribution < 1.29 is 4.74 Å². The molecular formula is C12H16BrNO. The fourth-order valence-electron chi connectivity index (χ4n) is 1.96. The second-order valence-corrected chi connectivity index (χ2v) is 4.76. The first kappa shape index (κ1) is 11.0. The molecule has 0 saturated heterocycles. The van der Waals surface area contributed by atoms with Crippen molar-refractivity contribution in [3.63, 3.8) is 0 Å². The van der Waals surface area contributed by atoms with Crippen molar-refractivity contribution in [3.8, 4) is 5.75 Å². The summed E-state index contributed by atoms with van der Waals surface area (Å²) in [4.78, 5) is 0. The second kappa shape index (κ2) is 4.99.